The minimum Gasteiger partial charge on any atom is -0.408 e. The lowest BCUT2D eigenvalue weighted by Gasteiger charge is -2.20. The predicted molar refractivity (Wildman–Crippen MR) is 94.3 cm³/mol. The van der Waals surface area contributed by atoms with Crippen molar-refractivity contribution in [3.8, 4) is 0 Å². The Labute approximate surface area is 136 Å². The Bertz CT molecular complexity index is 861. The molecule has 0 saturated heterocycles. The van der Waals surface area contributed by atoms with Gasteiger partial charge >= 0.3 is 5.76 Å². The highest BCUT2D eigenvalue weighted by Gasteiger charge is 2.10. The van der Waals surface area contributed by atoms with Crippen molar-refractivity contribution >= 4 is 16.8 Å². The summed E-state index contributed by atoms with van der Waals surface area (Å²) in [5.74, 6) is 0.208. The molecule has 0 radical (unpaired) electrons. The van der Waals surface area contributed by atoms with Crippen LogP contribution in [-0.4, -0.2) is 18.2 Å². The Morgan fingerprint density at radius 3 is 2.70 bits per heavy atom. The van der Waals surface area contributed by atoms with Gasteiger partial charge < -0.3 is 9.32 Å². The third-order valence-corrected chi connectivity index (χ3v) is 4.21. The molecule has 0 saturated carbocycles. The van der Waals surface area contributed by atoms with Gasteiger partial charge in [0.15, 0.2) is 5.58 Å². The van der Waals surface area contributed by atoms with Crippen molar-refractivity contribution in [1.82, 2.24) is 4.57 Å². The second kappa shape index (κ2) is 6.32. The highest BCUT2D eigenvalue weighted by atomic mass is 16.4. The number of nitrogens with zero attached hydrogens (tertiary/aromatic N) is 2. The van der Waals surface area contributed by atoms with Crippen LogP contribution in [0.25, 0.3) is 11.1 Å². The van der Waals surface area contributed by atoms with E-state index in [2.05, 4.69) is 43.0 Å². The maximum Gasteiger partial charge on any atom is 0.420 e. The summed E-state index contributed by atoms with van der Waals surface area (Å²) in [6, 6.07) is 16.1. The van der Waals surface area contributed by atoms with E-state index in [0.717, 1.165) is 17.7 Å². The molecule has 0 bridgehead atoms. The lowest BCUT2D eigenvalue weighted by Crippen LogP contribution is -2.26. The molecule has 0 amide bonds. The maximum absolute atomic E-state index is 12.0. The molecular weight excluding hydrogens is 288 g/mol. The van der Waals surface area contributed by atoms with Crippen LogP contribution in [0.15, 0.2) is 57.7 Å². The molecule has 0 aliphatic heterocycles. The van der Waals surface area contributed by atoms with Gasteiger partial charge in [-0.3, -0.25) is 4.57 Å². The van der Waals surface area contributed by atoms with Crippen molar-refractivity contribution in [1.29, 1.82) is 0 Å². The summed E-state index contributed by atoms with van der Waals surface area (Å²) >= 11 is 0. The van der Waals surface area contributed by atoms with E-state index in [4.69, 9.17) is 4.42 Å². The number of hydrogen-bond acceptors (Lipinski definition) is 3. The number of hydrogen-bond donors (Lipinski definition) is 0. The molecule has 1 aromatic heterocycles. The van der Waals surface area contributed by atoms with Gasteiger partial charge in [-0.15, -0.1) is 0 Å². The number of oxazole rings is 1. The summed E-state index contributed by atoms with van der Waals surface area (Å²) in [6.45, 7) is 5.72. The van der Waals surface area contributed by atoms with Crippen LogP contribution >= 0.6 is 0 Å². The molecule has 0 aliphatic rings. The summed E-state index contributed by atoms with van der Waals surface area (Å²) in [5.41, 5.74) is 3.97. The second-order valence-electron chi connectivity index (χ2n) is 6.16. The first-order chi connectivity index (χ1) is 11.1. The SMILES string of the molecule is CC(C)c1cccc(N(C)CCn2c(=O)oc3ccccc32)c1. The topological polar surface area (TPSA) is 38.4 Å². The van der Waals surface area contributed by atoms with Gasteiger partial charge in [0.25, 0.3) is 0 Å². The average molecular weight is 310 g/mol. The Morgan fingerprint density at radius 1 is 1.13 bits per heavy atom. The van der Waals surface area contributed by atoms with Gasteiger partial charge in [-0.1, -0.05) is 38.1 Å². The minimum atomic E-state index is -0.296. The number of likely N-dealkylation sites (N-methyl/N-ethyl adjacent to an activating group) is 1. The highest BCUT2D eigenvalue weighted by molar-refractivity contribution is 5.72. The highest BCUT2D eigenvalue weighted by Crippen LogP contribution is 2.21. The lowest BCUT2D eigenvalue weighted by atomic mass is 10.0. The summed E-state index contributed by atoms with van der Waals surface area (Å²) in [7, 11) is 2.05. The average Bonchev–Trinajstić information content (AvgIpc) is 2.88. The van der Waals surface area contributed by atoms with Crippen molar-refractivity contribution < 1.29 is 4.42 Å². The summed E-state index contributed by atoms with van der Waals surface area (Å²) < 4.78 is 6.97. The molecule has 4 nitrogen and oxygen atoms in total. The van der Waals surface area contributed by atoms with Crippen LogP contribution in [0, 0.1) is 0 Å². The van der Waals surface area contributed by atoms with Crippen LogP contribution in [0.1, 0.15) is 25.3 Å². The summed E-state index contributed by atoms with van der Waals surface area (Å²) in [5, 5.41) is 0. The number of rotatable bonds is 5. The first kappa shape index (κ1) is 15.4. The smallest absolute Gasteiger partial charge is 0.408 e. The molecule has 3 aromatic rings. The van der Waals surface area contributed by atoms with E-state index < -0.39 is 0 Å². The van der Waals surface area contributed by atoms with Crippen LogP contribution in [-0.2, 0) is 6.54 Å². The van der Waals surface area contributed by atoms with E-state index in [1.54, 1.807) is 4.57 Å². The van der Waals surface area contributed by atoms with Gasteiger partial charge in [0, 0.05) is 25.8 Å². The standard InChI is InChI=1S/C19H22N2O2/c1-14(2)15-7-6-8-16(13-15)20(3)11-12-21-17-9-4-5-10-18(17)23-19(21)22/h4-10,13-14H,11-12H2,1-3H3. The zero-order chi connectivity index (χ0) is 16.4. The normalized spacial score (nSPS) is 11.3. The molecule has 23 heavy (non-hydrogen) atoms. The molecule has 0 fully saturated rings. The molecule has 2 aromatic carbocycles. The van der Waals surface area contributed by atoms with Crippen LogP contribution in [0.2, 0.25) is 0 Å². The van der Waals surface area contributed by atoms with Gasteiger partial charge in [0.05, 0.1) is 5.52 Å². The van der Waals surface area contributed by atoms with Gasteiger partial charge in [0.2, 0.25) is 0 Å². The van der Waals surface area contributed by atoms with Crippen LogP contribution in [0.4, 0.5) is 5.69 Å². The maximum atomic E-state index is 12.0. The predicted octanol–water partition coefficient (Wildman–Crippen LogP) is 3.85. The Hall–Kier alpha value is -2.49. The zero-order valence-electron chi connectivity index (χ0n) is 13.8. The molecule has 3 rings (SSSR count). The van der Waals surface area contributed by atoms with E-state index in [1.807, 2.05) is 31.3 Å². The van der Waals surface area contributed by atoms with Crippen LogP contribution in [0.5, 0.6) is 0 Å². The Morgan fingerprint density at radius 2 is 1.91 bits per heavy atom. The molecule has 0 atom stereocenters. The van der Waals surface area contributed by atoms with E-state index >= 15 is 0 Å². The largest absolute Gasteiger partial charge is 0.420 e. The van der Waals surface area contributed by atoms with Crippen molar-refractivity contribution in [2.45, 2.75) is 26.3 Å². The van der Waals surface area contributed by atoms with Crippen molar-refractivity contribution in [3.63, 3.8) is 0 Å². The summed E-state index contributed by atoms with van der Waals surface area (Å²) in [6.07, 6.45) is 0. The molecule has 0 spiro atoms. The first-order valence-electron chi connectivity index (χ1n) is 7.95. The van der Waals surface area contributed by atoms with Crippen molar-refractivity contribution in [2.24, 2.45) is 0 Å². The monoisotopic (exact) mass is 310 g/mol. The quantitative estimate of drug-likeness (QED) is 0.718. The third kappa shape index (κ3) is 3.16. The van der Waals surface area contributed by atoms with Gasteiger partial charge in [0.1, 0.15) is 0 Å². The number of para-hydroxylation sites is 2. The molecule has 0 N–H and O–H groups in total. The number of aromatic nitrogens is 1. The van der Waals surface area contributed by atoms with E-state index in [0.29, 0.717) is 18.0 Å². The zero-order valence-corrected chi connectivity index (χ0v) is 13.8. The van der Waals surface area contributed by atoms with Gasteiger partial charge in [-0.25, -0.2) is 4.79 Å². The minimum absolute atomic E-state index is 0.296. The molecule has 0 unspecified atom stereocenters. The fourth-order valence-electron chi connectivity index (χ4n) is 2.73. The second-order valence-corrected chi connectivity index (χ2v) is 6.16. The van der Waals surface area contributed by atoms with Crippen LogP contribution < -0.4 is 10.7 Å². The van der Waals surface area contributed by atoms with Gasteiger partial charge in [-0.05, 0) is 35.7 Å². The third-order valence-electron chi connectivity index (χ3n) is 4.21. The number of benzene rings is 2. The van der Waals surface area contributed by atoms with E-state index in [1.165, 1.54) is 5.56 Å². The van der Waals surface area contributed by atoms with E-state index in [-0.39, 0.29) is 5.76 Å². The van der Waals surface area contributed by atoms with Crippen LogP contribution in [0.3, 0.4) is 0 Å². The fourth-order valence-corrected chi connectivity index (χ4v) is 2.73. The lowest BCUT2D eigenvalue weighted by molar-refractivity contribution is 0.505. The Balaban J connectivity index is 1.78. The van der Waals surface area contributed by atoms with Crippen molar-refractivity contribution in [3.05, 3.63) is 64.6 Å². The molecule has 4 heteroatoms. The summed E-state index contributed by atoms with van der Waals surface area (Å²) in [4.78, 5) is 14.2. The van der Waals surface area contributed by atoms with Gasteiger partial charge in [-0.2, -0.15) is 0 Å². The number of fused-ring (bicyclic) bond motifs is 1. The molecule has 120 valence electrons. The first-order valence-corrected chi connectivity index (χ1v) is 7.95. The van der Waals surface area contributed by atoms with Crippen molar-refractivity contribution in [2.75, 3.05) is 18.5 Å². The molecule has 0 aliphatic carbocycles. The number of anilines is 1. The molecule has 1 heterocycles. The molecular formula is C19H22N2O2. The van der Waals surface area contributed by atoms with E-state index in [9.17, 15) is 4.79 Å². The Kier molecular flexibility index (Phi) is 4.24. The fraction of sp³-hybridized carbons (Fsp3) is 0.316.